The van der Waals surface area contributed by atoms with Crippen molar-refractivity contribution in [1.82, 2.24) is 10.3 Å². The lowest BCUT2D eigenvalue weighted by Gasteiger charge is -2.14. The Morgan fingerprint density at radius 1 is 1.62 bits per heavy atom. The van der Waals surface area contributed by atoms with Crippen LogP contribution in [0.2, 0.25) is 0 Å². The van der Waals surface area contributed by atoms with Gasteiger partial charge >= 0.3 is 5.97 Å². The number of aryl methyl sites for hydroxylation is 1. The van der Waals surface area contributed by atoms with Crippen LogP contribution in [0.15, 0.2) is 5.38 Å². The van der Waals surface area contributed by atoms with Crippen LogP contribution in [-0.2, 0) is 16.1 Å². The van der Waals surface area contributed by atoms with Gasteiger partial charge in [-0.2, -0.15) is 0 Å². The Morgan fingerprint density at radius 2 is 2.38 bits per heavy atom. The molecule has 0 aliphatic carbocycles. The van der Waals surface area contributed by atoms with E-state index in [9.17, 15) is 4.79 Å². The third kappa shape index (κ3) is 3.90. The molecule has 1 heterocycles. The van der Waals surface area contributed by atoms with Gasteiger partial charge in [0.1, 0.15) is 6.04 Å². The molecule has 0 bridgehead atoms. The van der Waals surface area contributed by atoms with Crippen LogP contribution in [0, 0.1) is 6.92 Å². The van der Waals surface area contributed by atoms with E-state index in [2.05, 4.69) is 10.3 Å². The van der Waals surface area contributed by atoms with Gasteiger partial charge in [-0.15, -0.1) is 11.3 Å². The first-order valence-electron chi connectivity index (χ1n) is 5.48. The number of nitrogens with one attached hydrogen (secondary N) is 1. The third-order valence-electron chi connectivity index (χ3n) is 2.18. The molecular weight excluding hydrogens is 224 g/mol. The quantitative estimate of drug-likeness (QED) is 0.774. The fourth-order valence-electron chi connectivity index (χ4n) is 1.35. The summed E-state index contributed by atoms with van der Waals surface area (Å²) < 4.78 is 4.97. The Balaban J connectivity index is 2.42. The van der Waals surface area contributed by atoms with E-state index in [1.54, 1.807) is 11.3 Å². The van der Waals surface area contributed by atoms with Crippen LogP contribution in [0.3, 0.4) is 0 Å². The molecule has 0 radical (unpaired) electrons. The SMILES string of the molecule is CCOC(=O)C(CC)NCc1csc(C)n1. The van der Waals surface area contributed by atoms with Crippen LogP contribution in [0.1, 0.15) is 31.0 Å². The monoisotopic (exact) mass is 242 g/mol. The molecule has 0 fully saturated rings. The van der Waals surface area contributed by atoms with Crippen LogP contribution in [0.4, 0.5) is 0 Å². The maximum Gasteiger partial charge on any atom is 0.323 e. The Hall–Kier alpha value is -0.940. The van der Waals surface area contributed by atoms with Gasteiger partial charge in [-0.3, -0.25) is 10.1 Å². The smallest absolute Gasteiger partial charge is 0.323 e. The molecule has 1 atom stereocenters. The van der Waals surface area contributed by atoms with E-state index < -0.39 is 0 Å². The predicted octanol–water partition coefficient (Wildman–Crippen LogP) is 1.88. The van der Waals surface area contributed by atoms with Gasteiger partial charge < -0.3 is 4.74 Å². The number of aromatic nitrogens is 1. The van der Waals surface area contributed by atoms with Crippen LogP contribution >= 0.6 is 11.3 Å². The lowest BCUT2D eigenvalue weighted by atomic mass is 10.2. The number of thiazole rings is 1. The number of carbonyl (C=O) groups excluding carboxylic acids is 1. The van der Waals surface area contributed by atoms with E-state index in [1.807, 2.05) is 26.2 Å². The second kappa shape index (κ2) is 6.60. The summed E-state index contributed by atoms with van der Waals surface area (Å²) in [6.45, 7) is 6.78. The molecule has 0 saturated heterocycles. The fraction of sp³-hybridized carbons (Fsp3) is 0.636. The number of carbonyl (C=O) groups is 1. The van der Waals surface area contributed by atoms with E-state index in [-0.39, 0.29) is 12.0 Å². The van der Waals surface area contributed by atoms with Crippen LogP contribution < -0.4 is 5.32 Å². The second-order valence-electron chi connectivity index (χ2n) is 3.45. The van der Waals surface area contributed by atoms with E-state index in [1.165, 1.54) is 0 Å². The van der Waals surface area contributed by atoms with Gasteiger partial charge in [-0.25, -0.2) is 4.98 Å². The van der Waals surface area contributed by atoms with Crippen molar-refractivity contribution in [2.24, 2.45) is 0 Å². The van der Waals surface area contributed by atoms with Crippen molar-refractivity contribution in [3.8, 4) is 0 Å². The first-order valence-corrected chi connectivity index (χ1v) is 6.36. The van der Waals surface area contributed by atoms with Crippen molar-refractivity contribution < 1.29 is 9.53 Å². The molecule has 90 valence electrons. The molecule has 0 saturated carbocycles. The Kier molecular flexibility index (Phi) is 5.42. The highest BCUT2D eigenvalue weighted by atomic mass is 32.1. The Morgan fingerprint density at radius 3 is 2.88 bits per heavy atom. The lowest BCUT2D eigenvalue weighted by molar-refractivity contribution is -0.145. The zero-order chi connectivity index (χ0) is 12.0. The summed E-state index contributed by atoms with van der Waals surface area (Å²) in [5.74, 6) is -0.183. The summed E-state index contributed by atoms with van der Waals surface area (Å²) in [6.07, 6.45) is 0.724. The topological polar surface area (TPSA) is 51.2 Å². The molecule has 0 aliphatic heterocycles. The van der Waals surface area contributed by atoms with Gasteiger partial charge in [-0.1, -0.05) is 6.92 Å². The van der Waals surface area contributed by atoms with E-state index in [0.29, 0.717) is 13.2 Å². The molecule has 1 unspecified atom stereocenters. The third-order valence-corrected chi connectivity index (χ3v) is 3.00. The molecule has 0 spiro atoms. The molecule has 1 aromatic rings. The number of hydrogen-bond acceptors (Lipinski definition) is 5. The maximum atomic E-state index is 11.5. The normalized spacial score (nSPS) is 12.4. The fourth-order valence-corrected chi connectivity index (χ4v) is 1.97. The van der Waals surface area contributed by atoms with Crippen LogP contribution in [0.25, 0.3) is 0 Å². The number of rotatable bonds is 6. The van der Waals surface area contributed by atoms with Crippen molar-refractivity contribution in [3.63, 3.8) is 0 Å². The standard InChI is InChI=1S/C11H18N2O2S/c1-4-10(11(14)15-5-2)12-6-9-7-16-8(3)13-9/h7,10,12H,4-6H2,1-3H3. The van der Waals surface area contributed by atoms with Gasteiger partial charge in [0.15, 0.2) is 0 Å². The van der Waals surface area contributed by atoms with E-state index >= 15 is 0 Å². The van der Waals surface area contributed by atoms with Crippen molar-refractivity contribution in [3.05, 3.63) is 16.1 Å². The average Bonchev–Trinajstić information content (AvgIpc) is 2.65. The summed E-state index contributed by atoms with van der Waals surface area (Å²) >= 11 is 1.62. The number of nitrogens with zero attached hydrogens (tertiary/aromatic N) is 1. The van der Waals surface area contributed by atoms with Crippen molar-refractivity contribution in [2.45, 2.75) is 39.8 Å². The van der Waals surface area contributed by atoms with E-state index in [4.69, 9.17) is 4.74 Å². The van der Waals surface area contributed by atoms with Gasteiger partial charge in [0, 0.05) is 11.9 Å². The zero-order valence-corrected chi connectivity index (χ0v) is 10.8. The highest BCUT2D eigenvalue weighted by Gasteiger charge is 2.16. The minimum atomic E-state index is -0.234. The largest absolute Gasteiger partial charge is 0.465 e. The maximum absolute atomic E-state index is 11.5. The molecule has 0 aromatic carbocycles. The Labute approximate surface area is 100 Å². The molecule has 0 aliphatic rings. The minimum Gasteiger partial charge on any atom is -0.465 e. The molecule has 4 nitrogen and oxygen atoms in total. The van der Waals surface area contributed by atoms with Gasteiger partial charge in [0.2, 0.25) is 0 Å². The summed E-state index contributed by atoms with van der Waals surface area (Å²) in [7, 11) is 0. The van der Waals surface area contributed by atoms with Gasteiger partial charge in [-0.05, 0) is 20.3 Å². The second-order valence-corrected chi connectivity index (χ2v) is 4.51. The highest BCUT2D eigenvalue weighted by Crippen LogP contribution is 2.08. The molecule has 0 amide bonds. The van der Waals surface area contributed by atoms with E-state index in [0.717, 1.165) is 17.1 Å². The van der Waals surface area contributed by atoms with Crippen molar-refractivity contribution >= 4 is 17.3 Å². The highest BCUT2D eigenvalue weighted by molar-refractivity contribution is 7.09. The zero-order valence-electron chi connectivity index (χ0n) is 9.95. The summed E-state index contributed by atoms with van der Waals surface area (Å²) in [6, 6.07) is -0.234. The van der Waals surface area contributed by atoms with Crippen molar-refractivity contribution in [1.29, 1.82) is 0 Å². The minimum absolute atomic E-state index is 0.183. The molecular formula is C11H18N2O2S. The van der Waals surface area contributed by atoms with Gasteiger partial charge in [0.05, 0.1) is 17.3 Å². The predicted molar refractivity (Wildman–Crippen MR) is 64.4 cm³/mol. The summed E-state index contributed by atoms with van der Waals surface area (Å²) in [5.41, 5.74) is 0.977. The van der Waals surface area contributed by atoms with Gasteiger partial charge in [0.25, 0.3) is 0 Å². The number of ether oxygens (including phenoxy) is 1. The van der Waals surface area contributed by atoms with Crippen LogP contribution in [-0.4, -0.2) is 23.6 Å². The summed E-state index contributed by atoms with van der Waals surface area (Å²) in [5, 5.41) is 6.20. The summed E-state index contributed by atoms with van der Waals surface area (Å²) in [4.78, 5) is 15.8. The molecule has 1 N–H and O–H groups in total. The Bertz CT molecular complexity index is 338. The van der Waals surface area contributed by atoms with Crippen LogP contribution in [0.5, 0.6) is 0 Å². The first-order chi connectivity index (χ1) is 7.67. The molecule has 5 heteroatoms. The van der Waals surface area contributed by atoms with Crippen molar-refractivity contribution in [2.75, 3.05) is 6.61 Å². The number of hydrogen-bond donors (Lipinski definition) is 1. The molecule has 16 heavy (non-hydrogen) atoms. The molecule has 1 rings (SSSR count). The molecule has 1 aromatic heterocycles. The average molecular weight is 242 g/mol. The number of esters is 1. The first kappa shape index (κ1) is 13.1. The lowest BCUT2D eigenvalue weighted by Crippen LogP contribution is -2.37.